The fourth-order valence-corrected chi connectivity index (χ4v) is 3.87. The first-order chi connectivity index (χ1) is 18.1. The molecule has 0 atom stereocenters. The number of ether oxygens (including phenoxy) is 2. The van der Waals surface area contributed by atoms with Crippen LogP contribution in [0.15, 0.2) is 89.9 Å². The SMILES string of the molecule is CCC=c1c(=C2NC(C)=CO2)nnc(=Nc2ccc(Oc3ccccn3)cc2)n1Cc1ccc(Cl)cc1. The van der Waals surface area contributed by atoms with Gasteiger partial charge in [-0.1, -0.05) is 42.8 Å². The summed E-state index contributed by atoms with van der Waals surface area (Å²) in [4.78, 5) is 9.01. The number of nitrogens with zero attached hydrogens (tertiary/aromatic N) is 5. The largest absolute Gasteiger partial charge is 0.444 e. The van der Waals surface area contributed by atoms with Crippen molar-refractivity contribution in [2.75, 3.05) is 0 Å². The van der Waals surface area contributed by atoms with Crippen molar-refractivity contribution in [3.63, 3.8) is 0 Å². The lowest BCUT2D eigenvalue weighted by Gasteiger charge is -2.10. The minimum absolute atomic E-state index is 0.458. The van der Waals surface area contributed by atoms with Crippen molar-refractivity contribution in [2.45, 2.75) is 26.8 Å². The molecular weight excluding hydrogens is 488 g/mol. The highest BCUT2D eigenvalue weighted by molar-refractivity contribution is 6.30. The molecule has 4 aromatic rings. The Kier molecular flexibility index (Phi) is 7.28. The molecule has 2 aromatic heterocycles. The topological polar surface area (TPSA) is 86.4 Å². The second kappa shape index (κ2) is 11.1. The van der Waals surface area contributed by atoms with Crippen LogP contribution in [0.3, 0.4) is 0 Å². The van der Waals surface area contributed by atoms with Crippen molar-refractivity contribution in [3.05, 3.63) is 112 Å². The number of benzene rings is 2. The van der Waals surface area contributed by atoms with E-state index in [2.05, 4.69) is 33.5 Å². The Morgan fingerprint density at radius 1 is 1.05 bits per heavy atom. The van der Waals surface area contributed by atoms with E-state index >= 15 is 0 Å². The Morgan fingerprint density at radius 3 is 2.54 bits per heavy atom. The molecule has 0 saturated heterocycles. The molecule has 0 saturated carbocycles. The monoisotopic (exact) mass is 512 g/mol. The number of halogens is 1. The first-order valence-corrected chi connectivity index (χ1v) is 12.2. The maximum absolute atomic E-state index is 6.12. The van der Waals surface area contributed by atoms with Crippen LogP contribution >= 0.6 is 11.6 Å². The lowest BCUT2D eigenvalue weighted by Crippen LogP contribution is -2.49. The lowest BCUT2D eigenvalue weighted by atomic mass is 10.2. The van der Waals surface area contributed by atoms with Crippen LogP contribution in [0.2, 0.25) is 5.02 Å². The molecular formula is C28H25ClN6O2. The van der Waals surface area contributed by atoms with E-state index in [1.165, 1.54) is 0 Å². The van der Waals surface area contributed by atoms with Crippen molar-refractivity contribution in [1.29, 1.82) is 0 Å². The Morgan fingerprint density at radius 2 is 1.86 bits per heavy atom. The van der Waals surface area contributed by atoms with Gasteiger partial charge < -0.3 is 19.4 Å². The Labute approximate surface area is 218 Å². The van der Waals surface area contributed by atoms with Crippen molar-refractivity contribution < 1.29 is 9.47 Å². The van der Waals surface area contributed by atoms with Gasteiger partial charge in [-0.15, -0.1) is 10.2 Å². The quantitative estimate of drug-likeness (QED) is 0.418. The van der Waals surface area contributed by atoms with Gasteiger partial charge in [-0.2, -0.15) is 0 Å². The molecule has 0 radical (unpaired) electrons. The molecule has 0 amide bonds. The van der Waals surface area contributed by atoms with Crippen molar-refractivity contribution >= 4 is 29.2 Å². The highest BCUT2D eigenvalue weighted by atomic mass is 35.5. The normalized spacial score (nSPS) is 15.3. The van der Waals surface area contributed by atoms with E-state index in [0.29, 0.717) is 45.7 Å². The number of allylic oxidation sites excluding steroid dienone is 1. The van der Waals surface area contributed by atoms with Gasteiger partial charge in [-0.3, -0.25) is 0 Å². The maximum atomic E-state index is 6.12. The molecule has 186 valence electrons. The van der Waals surface area contributed by atoms with E-state index in [-0.39, 0.29) is 0 Å². The Bertz CT molecular complexity index is 1610. The van der Waals surface area contributed by atoms with Crippen molar-refractivity contribution in [2.24, 2.45) is 4.99 Å². The van der Waals surface area contributed by atoms with Crippen LogP contribution in [0.5, 0.6) is 11.6 Å². The fourth-order valence-electron chi connectivity index (χ4n) is 3.74. The van der Waals surface area contributed by atoms with Gasteiger partial charge in [0.1, 0.15) is 12.0 Å². The molecule has 2 aromatic carbocycles. The van der Waals surface area contributed by atoms with Crippen molar-refractivity contribution in [3.8, 4) is 11.6 Å². The third kappa shape index (κ3) is 5.87. The second-order valence-electron chi connectivity index (χ2n) is 8.31. The summed E-state index contributed by atoms with van der Waals surface area (Å²) in [5.41, 5.74) is 3.11. The van der Waals surface area contributed by atoms with E-state index in [4.69, 9.17) is 26.1 Å². The zero-order valence-electron chi connectivity index (χ0n) is 20.4. The summed E-state index contributed by atoms with van der Waals surface area (Å²) >= 11 is 6.12. The van der Waals surface area contributed by atoms with Gasteiger partial charge in [-0.25, -0.2) is 9.98 Å². The number of nitrogens with one attached hydrogen (secondary N) is 1. The van der Waals surface area contributed by atoms with Gasteiger partial charge in [0, 0.05) is 17.3 Å². The summed E-state index contributed by atoms with van der Waals surface area (Å²) in [6.07, 6.45) is 6.23. The number of rotatable bonds is 6. The van der Waals surface area contributed by atoms with Gasteiger partial charge in [-0.05, 0) is 61.4 Å². The Hall–Kier alpha value is -4.43. The molecule has 0 unspecified atom stereocenters. The zero-order valence-corrected chi connectivity index (χ0v) is 21.2. The zero-order chi connectivity index (χ0) is 25.6. The molecule has 9 heteroatoms. The molecule has 3 heterocycles. The van der Waals surface area contributed by atoms with E-state index < -0.39 is 0 Å². The first kappa shape index (κ1) is 24.3. The van der Waals surface area contributed by atoms with Crippen LogP contribution in [0, 0.1) is 0 Å². The second-order valence-corrected chi connectivity index (χ2v) is 8.74. The number of pyridine rings is 1. The smallest absolute Gasteiger partial charge is 0.250 e. The van der Waals surface area contributed by atoms with Gasteiger partial charge in [0.2, 0.25) is 11.8 Å². The number of aromatic nitrogens is 4. The van der Waals surface area contributed by atoms with Gasteiger partial charge in [0.25, 0.3) is 5.62 Å². The molecule has 0 spiro atoms. The average Bonchev–Trinajstić information content (AvgIpc) is 3.35. The molecule has 37 heavy (non-hydrogen) atoms. The maximum Gasteiger partial charge on any atom is 0.250 e. The number of hydrogen-bond donors (Lipinski definition) is 1. The molecule has 1 N–H and O–H groups in total. The van der Waals surface area contributed by atoms with E-state index in [0.717, 1.165) is 23.0 Å². The van der Waals surface area contributed by atoms with Gasteiger partial charge in [0.15, 0.2) is 5.35 Å². The van der Waals surface area contributed by atoms with Gasteiger partial charge >= 0.3 is 0 Å². The third-order valence-corrected chi connectivity index (χ3v) is 5.72. The minimum Gasteiger partial charge on any atom is -0.444 e. The highest BCUT2D eigenvalue weighted by Crippen LogP contribution is 2.22. The third-order valence-electron chi connectivity index (χ3n) is 5.47. The molecule has 0 fully saturated rings. The fraction of sp³-hybridized carbons (Fsp3) is 0.143. The van der Waals surface area contributed by atoms with Crippen LogP contribution in [0.1, 0.15) is 25.8 Å². The first-order valence-electron chi connectivity index (χ1n) is 11.9. The van der Waals surface area contributed by atoms with Crippen LogP contribution < -0.4 is 26.4 Å². The minimum atomic E-state index is 0.458. The predicted octanol–water partition coefficient (Wildman–Crippen LogP) is 4.14. The van der Waals surface area contributed by atoms with Crippen molar-refractivity contribution in [1.82, 2.24) is 25.1 Å². The summed E-state index contributed by atoms with van der Waals surface area (Å²) in [5, 5.41) is 14.3. The highest BCUT2D eigenvalue weighted by Gasteiger charge is 2.12. The average molecular weight is 513 g/mol. The van der Waals surface area contributed by atoms with Crippen LogP contribution in [-0.2, 0) is 11.3 Å². The molecule has 0 bridgehead atoms. The van der Waals surface area contributed by atoms with Crippen LogP contribution in [-0.4, -0.2) is 19.7 Å². The molecule has 0 aliphatic carbocycles. The van der Waals surface area contributed by atoms with E-state index in [1.54, 1.807) is 18.5 Å². The van der Waals surface area contributed by atoms with E-state index in [9.17, 15) is 0 Å². The van der Waals surface area contributed by atoms with E-state index in [1.807, 2.05) is 72.2 Å². The molecule has 1 aliphatic rings. The summed E-state index contributed by atoms with van der Waals surface area (Å²) in [6.45, 7) is 4.52. The summed E-state index contributed by atoms with van der Waals surface area (Å²) in [7, 11) is 0. The summed E-state index contributed by atoms with van der Waals surface area (Å²) in [5.74, 6) is 1.73. The molecule has 5 rings (SSSR count). The summed E-state index contributed by atoms with van der Waals surface area (Å²) < 4.78 is 13.5. The lowest BCUT2D eigenvalue weighted by molar-refractivity contribution is 0.429. The van der Waals surface area contributed by atoms with Crippen LogP contribution in [0.25, 0.3) is 12.0 Å². The van der Waals surface area contributed by atoms with Crippen LogP contribution in [0.4, 0.5) is 5.69 Å². The predicted molar refractivity (Wildman–Crippen MR) is 142 cm³/mol. The van der Waals surface area contributed by atoms with Gasteiger partial charge in [0.05, 0.1) is 23.3 Å². The standard InChI is InChI=1S/C28H25ClN6O2/c1-3-6-24-26(27-31-19(2)18-36-27)33-34-28(35(24)17-20-8-10-21(29)11-9-20)32-22-12-14-23(15-13-22)37-25-7-4-5-16-30-25/h4-16,18,31H,3,17H2,1-2H3. The Balaban J connectivity index is 1.60. The molecule has 8 nitrogen and oxygen atoms in total. The summed E-state index contributed by atoms with van der Waals surface area (Å²) in [6, 6.07) is 20.7. The number of hydrogen-bond acceptors (Lipinski definition) is 7. The molecule has 1 aliphatic heterocycles.